The maximum Gasteiger partial charge on any atom is 0.0544 e. The van der Waals surface area contributed by atoms with E-state index in [1.807, 2.05) is 0 Å². The summed E-state index contributed by atoms with van der Waals surface area (Å²) >= 11 is 0. The largest absolute Gasteiger partial charge is 0.354 e. The number of rotatable bonds is 0. The van der Waals surface area contributed by atoms with E-state index in [1.54, 1.807) is 0 Å². The summed E-state index contributed by atoms with van der Waals surface area (Å²) in [7, 11) is 0. The van der Waals surface area contributed by atoms with E-state index in [0.717, 1.165) is 0 Å². The third-order valence-electron chi connectivity index (χ3n) is 3.41. The van der Waals surface area contributed by atoms with E-state index in [9.17, 15) is 0 Å². The lowest BCUT2D eigenvalue weighted by Gasteiger charge is -2.04. The molecule has 4 rings (SSSR count). The van der Waals surface area contributed by atoms with Crippen molar-refractivity contribution in [2.75, 3.05) is 0 Å². The molecule has 0 amide bonds. The Labute approximate surface area is 99.4 Å². The number of hydrogen-bond donors (Lipinski definition) is 1. The van der Waals surface area contributed by atoms with Gasteiger partial charge < -0.3 is 4.98 Å². The average molecular weight is 217 g/mol. The predicted molar refractivity (Wildman–Crippen MR) is 72.7 cm³/mol. The first-order valence-corrected chi connectivity index (χ1v) is 5.82. The number of fused-ring (bicyclic) bond motifs is 7. The zero-order chi connectivity index (χ0) is 11.2. The van der Waals surface area contributed by atoms with Crippen LogP contribution in [-0.2, 0) is 0 Å². The van der Waals surface area contributed by atoms with Crippen molar-refractivity contribution in [3.8, 4) is 11.3 Å². The molecule has 0 saturated heterocycles. The molecule has 0 saturated carbocycles. The molecule has 1 aliphatic heterocycles. The first kappa shape index (κ1) is 8.82. The Balaban J connectivity index is 2.21. The third kappa shape index (κ3) is 1.14. The van der Waals surface area contributed by atoms with Gasteiger partial charge in [0.2, 0.25) is 0 Å². The van der Waals surface area contributed by atoms with Gasteiger partial charge >= 0.3 is 0 Å². The molecule has 2 aromatic carbocycles. The molecule has 0 radical (unpaired) electrons. The molecule has 0 aliphatic carbocycles. The van der Waals surface area contributed by atoms with E-state index >= 15 is 0 Å². The Bertz CT molecular complexity index is 747. The van der Waals surface area contributed by atoms with Crippen LogP contribution in [-0.4, -0.2) is 4.98 Å². The second-order valence-corrected chi connectivity index (χ2v) is 4.38. The quantitative estimate of drug-likeness (QED) is 0.451. The number of aromatic amines is 1. The standard InChI is InChI=1S/C16H11N/c1-2-6-12-11(5-1)9-10-15-13-7-3-4-8-14(13)16(12)17-15/h1-10,17H. The number of hydrogen-bond acceptors (Lipinski definition) is 0. The van der Waals surface area contributed by atoms with Crippen LogP contribution in [0, 0.1) is 0 Å². The summed E-state index contributed by atoms with van der Waals surface area (Å²) in [5, 5.41) is 2.60. The van der Waals surface area contributed by atoms with Crippen LogP contribution in [0.15, 0.2) is 48.5 Å². The van der Waals surface area contributed by atoms with Crippen molar-refractivity contribution >= 4 is 22.9 Å². The van der Waals surface area contributed by atoms with Crippen LogP contribution < -0.4 is 0 Å². The molecule has 3 aromatic rings. The van der Waals surface area contributed by atoms with Gasteiger partial charge in [0.1, 0.15) is 0 Å². The maximum absolute atomic E-state index is 3.52. The van der Waals surface area contributed by atoms with Crippen molar-refractivity contribution in [2.24, 2.45) is 0 Å². The average Bonchev–Trinajstić information content (AvgIpc) is 2.63. The summed E-state index contributed by atoms with van der Waals surface area (Å²) in [5.74, 6) is 0. The third-order valence-corrected chi connectivity index (χ3v) is 3.41. The zero-order valence-corrected chi connectivity index (χ0v) is 9.27. The lowest BCUT2D eigenvalue weighted by Crippen LogP contribution is -1.82. The molecule has 0 unspecified atom stereocenters. The van der Waals surface area contributed by atoms with Crippen LogP contribution in [0.2, 0.25) is 0 Å². The van der Waals surface area contributed by atoms with Gasteiger partial charge in [0.25, 0.3) is 0 Å². The first-order valence-electron chi connectivity index (χ1n) is 5.82. The molecule has 80 valence electrons. The van der Waals surface area contributed by atoms with Crippen LogP contribution >= 0.6 is 0 Å². The van der Waals surface area contributed by atoms with Crippen LogP contribution in [0.4, 0.5) is 0 Å². The summed E-state index contributed by atoms with van der Waals surface area (Å²) in [5.41, 5.74) is 4.99. The minimum Gasteiger partial charge on any atom is -0.354 e. The molecule has 17 heavy (non-hydrogen) atoms. The first-order chi connectivity index (χ1) is 8.43. The van der Waals surface area contributed by atoms with Crippen LogP contribution in [0.1, 0.15) is 11.3 Å². The number of H-pyrrole nitrogens is 1. The highest BCUT2D eigenvalue weighted by Crippen LogP contribution is 2.36. The molecule has 0 spiro atoms. The van der Waals surface area contributed by atoms with Crippen LogP contribution in [0.3, 0.4) is 0 Å². The van der Waals surface area contributed by atoms with Crippen LogP contribution in [0.25, 0.3) is 34.2 Å². The SMILES string of the molecule is C1=Cc2[nH]c(c3ccccc23)-c2ccccc21. The van der Waals surface area contributed by atoms with E-state index in [-0.39, 0.29) is 0 Å². The van der Waals surface area contributed by atoms with Gasteiger partial charge in [0.15, 0.2) is 0 Å². The molecule has 1 aliphatic rings. The fourth-order valence-corrected chi connectivity index (χ4v) is 2.59. The molecular weight excluding hydrogens is 206 g/mol. The molecule has 2 heterocycles. The molecule has 1 aromatic heterocycles. The van der Waals surface area contributed by atoms with Gasteiger partial charge in [-0.2, -0.15) is 0 Å². The molecule has 1 heteroatoms. The van der Waals surface area contributed by atoms with E-state index in [0.29, 0.717) is 0 Å². The number of benzene rings is 2. The molecule has 1 nitrogen and oxygen atoms in total. The van der Waals surface area contributed by atoms with E-state index < -0.39 is 0 Å². The summed E-state index contributed by atoms with van der Waals surface area (Å²) in [6.45, 7) is 0. The highest BCUT2D eigenvalue weighted by molar-refractivity contribution is 6.05. The number of nitrogens with one attached hydrogen (secondary N) is 1. The fourth-order valence-electron chi connectivity index (χ4n) is 2.59. The van der Waals surface area contributed by atoms with Gasteiger partial charge in [-0.1, -0.05) is 54.6 Å². The van der Waals surface area contributed by atoms with Crippen molar-refractivity contribution < 1.29 is 0 Å². The van der Waals surface area contributed by atoms with E-state index in [2.05, 4.69) is 65.7 Å². The topological polar surface area (TPSA) is 15.8 Å². The van der Waals surface area contributed by atoms with Crippen molar-refractivity contribution in [1.29, 1.82) is 0 Å². The van der Waals surface area contributed by atoms with Crippen LogP contribution in [0.5, 0.6) is 0 Å². The smallest absolute Gasteiger partial charge is 0.0544 e. The summed E-state index contributed by atoms with van der Waals surface area (Å²) in [4.78, 5) is 3.52. The Kier molecular flexibility index (Phi) is 1.61. The molecule has 0 atom stereocenters. The van der Waals surface area contributed by atoms with E-state index in [1.165, 1.54) is 33.3 Å². The van der Waals surface area contributed by atoms with Crippen molar-refractivity contribution in [3.63, 3.8) is 0 Å². The van der Waals surface area contributed by atoms with Crippen molar-refractivity contribution in [3.05, 3.63) is 59.8 Å². The second-order valence-electron chi connectivity index (χ2n) is 4.38. The Hall–Kier alpha value is -2.28. The summed E-state index contributed by atoms with van der Waals surface area (Å²) in [6.07, 6.45) is 4.35. The highest BCUT2D eigenvalue weighted by atomic mass is 14.7. The maximum atomic E-state index is 3.52. The van der Waals surface area contributed by atoms with E-state index in [4.69, 9.17) is 0 Å². The van der Waals surface area contributed by atoms with Gasteiger partial charge in [0.05, 0.1) is 5.69 Å². The van der Waals surface area contributed by atoms with Gasteiger partial charge in [-0.05, 0) is 11.6 Å². The van der Waals surface area contributed by atoms with Crippen molar-refractivity contribution in [1.82, 2.24) is 4.98 Å². The van der Waals surface area contributed by atoms with Gasteiger partial charge in [0, 0.05) is 22.0 Å². The second kappa shape index (κ2) is 3.11. The highest BCUT2D eigenvalue weighted by Gasteiger charge is 2.14. The Morgan fingerprint density at radius 2 is 1.47 bits per heavy atom. The normalized spacial score (nSPS) is 12.5. The zero-order valence-electron chi connectivity index (χ0n) is 9.27. The minimum absolute atomic E-state index is 1.20. The molecule has 2 bridgehead atoms. The number of aromatic nitrogens is 1. The minimum atomic E-state index is 1.20. The Morgan fingerprint density at radius 1 is 0.706 bits per heavy atom. The molecule has 0 fully saturated rings. The lowest BCUT2D eigenvalue weighted by molar-refractivity contribution is 1.39. The van der Waals surface area contributed by atoms with Gasteiger partial charge in [-0.3, -0.25) is 0 Å². The Morgan fingerprint density at radius 3 is 2.41 bits per heavy atom. The molecule has 1 N–H and O–H groups in total. The monoisotopic (exact) mass is 217 g/mol. The molecular formula is C16H11N. The predicted octanol–water partition coefficient (Wildman–Crippen LogP) is 4.32. The summed E-state index contributed by atoms with van der Waals surface area (Å²) in [6, 6.07) is 17.0. The van der Waals surface area contributed by atoms with Crippen molar-refractivity contribution in [2.45, 2.75) is 0 Å². The summed E-state index contributed by atoms with van der Waals surface area (Å²) < 4.78 is 0. The van der Waals surface area contributed by atoms with Gasteiger partial charge in [-0.25, -0.2) is 0 Å². The van der Waals surface area contributed by atoms with Gasteiger partial charge in [-0.15, -0.1) is 0 Å². The lowest BCUT2D eigenvalue weighted by atomic mass is 9.99. The fraction of sp³-hybridized carbons (Fsp3) is 0.